The van der Waals surface area contributed by atoms with E-state index >= 15 is 0 Å². The van der Waals surface area contributed by atoms with E-state index in [1.54, 1.807) is 6.20 Å². The lowest BCUT2D eigenvalue weighted by atomic mass is 10.1. The number of para-hydroxylation sites is 1. The van der Waals surface area contributed by atoms with Gasteiger partial charge in [-0.3, -0.25) is 4.98 Å². The summed E-state index contributed by atoms with van der Waals surface area (Å²) in [6.45, 7) is 2.00. The average Bonchev–Trinajstić information content (AvgIpc) is 2.12. The number of hydrogen-bond donors (Lipinski definition) is 0. The molecule has 2 aromatic rings. The van der Waals surface area contributed by atoms with Crippen LogP contribution in [-0.2, 0) is 0 Å². The molecule has 2 rings (SSSR count). The van der Waals surface area contributed by atoms with Gasteiger partial charge in [-0.1, -0.05) is 41.4 Å². The van der Waals surface area contributed by atoms with Crippen LogP contribution >= 0.6 is 23.2 Å². The van der Waals surface area contributed by atoms with Crippen LogP contribution < -0.4 is 0 Å². The third-order valence-electron chi connectivity index (χ3n) is 1.99. The smallest absolute Gasteiger partial charge is 0.0782 e. The van der Waals surface area contributed by atoms with Crippen LogP contribution in [0.4, 0.5) is 0 Å². The minimum Gasteiger partial charge on any atom is -0.254 e. The molecule has 66 valence electrons. The van der Waals surface area contributed by atoms with Crippen LogP contribution in [0.3, 0.4) is 0 Å². The van der Waals surface area contributed by atoms with E-state index in [2.05, 4.69) is 4.98 Å². The highest BCUT2D eigenvalue weighted by Crippen LogP contribution is 2.29. The van der Waals surface area contributed by atoms with Crippen LogP contribution in [0.2, 0.25) is 10.0 Å². The third-order valence-corrected chi connectivity index (χ3v) is 2.78. The lowest BCUT2D eigenvalue weighted by Crippen LogP contribution is -1.84. The number of nitrogens with zero attached hydrogens (tertiary/aromatic N) is 1. The fourth-order valence-electron chi connectivity index (χ4n) is 1.31. The number of benzene rings is 1. The van der Waals surface area contributed by atoms with Gasteiger partial charge in [0, 0.05) is 11.6 Å². The first-order valence-corrected chi connectivity index (χ1v) is 4.65. The average molecular weight is 212 g/mol. The zero-order valence-corrected chi connectivity index (χ0v) is 8.52. The standard InChI is InChI=1S/C10H7Cl2N/c1-6-3-2-4-7-9(12)8(11)5-13-10(6)7/h2-5H,1H3. The largest absolute Gasteiger partial charge is 0.254 e. The number of hydrogen-bond acceptors (Lipinski definition) is 1. The summed E-state index contributed by atoms with van der Waals surface area (Å²) in [5.41, 5.74) is 2.02. The van der Waals surface area contributed by atoms with Gasteiger partial charge in [-0.25, -0.2) is 0 Å². The molecule has 0 fully saturated rings. The second-order valence-corrected chi connectivity index (χ2v) is 3.68. The Hall–Kier alpha value is -0.790. The van der Waals surface area contributed by atoms with Gasteiger partial charge in [0.05, 0.1) is 15.6 Å². The second-order valence-electron chi connectivity index (χ2n) is 2.89. The minimum absolute atomic E-state index is 0.500. The Labute approximate surface area is 86.3 Å². The number of pyridine rings is 1. The van der Waals surface area contributed by atoms with Crippen LogP contribution in [-0.4, -0.2) is 4.98 Å². The van der Waals surface area contributed by atoms with E-state index in [1.807, 2.05) is 25.1 Å². The number of aromatic nitrogens is 1. The molecule has 1 nitrogen and oxygen atoms in total. The van der Waals surface area contributed by atoms with Gasteiger partial charge < -0.3 is 0 Å². The van der Waals surface area contributed by atoms with Gasteiger partial charge in [-0.05, 0) is 12.5 Å². The molecular formula is C10H7Cl2N. The molecule has 0 unspecified atom stereocenters. The molecule has 0 bridgehead atoms. The summed E-state index contributed by atoms with van der Waals surface area (Å²) < 4.78 is 0. The van der Waals surface area contributed by atoms with Crippen molar-refractivity contribution in [3.05, 3.63) is 40.0 Å². The summed E-state index contributed by atoms with van der Waals surface area (Å²) in [6.07, 6.45) is 1.58. The number of halogens is 2. The van der Waals surface area contributed by atoms with Gasteiger partial charge in [-0.15, -0.1) is 0 Å². The number of fused-ring (bicyclic) bond motifs is 1. The van der Waals surface area contributed by atoms with Gasteiger partial charge in [0.15, 0.2) is 0 Å². The molecule has 0 saturated carbocycles. The predicted octanol–water partition coefficient (Wildman–Crippen LogP) is 3.85. The Morgan fingerprint density at radius 3 is 2.77 bits per heavy atom. The van der Waals surface area contributed by atoms with Crippen molar-refractivity contribution in [3.8, 4) is 0 Å². The van der Waals surface area contributed by atoms with Crippen molar-refractivity contribution in [2.75, 3.05) is 0 Å². The molecular weight excluding hydrogens is 205 g/mol. The lowest BCUT2D eigenvalue weighted by molar-refractivity contribution is 1.37. The topological polar surface area (TPSA) is 12.9 Å². The summed E-state index contributed by atoms with van der Waals surface area (Å²) >= 11 is 11.9. The van der Waals surface area contributed by atoms with E-state index in [1.165, 1.54) is 0 Å². The Bertz CT molecular complexity index is 466. The van der Waals surface area contributed by atoms with Gasteiger partial charge in [0.1, 0.15) is 0 Å². The van der Waals surface area contributed by atoms with Crippen molar-refractivity contribution in [2.45, 2.75) is 6.92 Å². The summed E-state index contributed by atoms with van der Waals surface area (Å²) in [6, 6.07) is 5.87. The zero-order valence-electron chi connectivity index (χ0n) is 7.01. The Balaban J connectivity index is 2.94. The first kappa shape index (κ1) is 8.79. The monoisotopic (exact) mass is 211 g/mol. The van der Waals surface area contributed by atoms with Crippen molar-refractivity contribution in [1.82, 2.24) is 4.98 Å². The fraction of sp³-hybridized carbons (Fsp3) is 0.100. The van der Waals surface area contributed by atoms with Crippen molar-refractivity contribution in [3.63, 3.8) is 0 Å². The molecule has 1 aromatic heterocycles. The highest BCUT2D eigenvalue weighted by molar-refractivity contribution is 6.45. The van der Waals surface area contributed by atoms with Crippen LogP contribution in [0.5, 0.6) is 0 Å². The molecule has 0 aliphatic rings. The highest BCUT2D eigenvalue weighted by atomic mass is 35.5. The van der Waals surface area contributed by atoms with Crippen LogP contribution in [0.15, 0.2) is 24.4 Å². The third kappa shape index (κ3) is 1.38. The van der Waals surface area contributed by atoms with Gasteiger partial charge in [-0.2, -0.15) is 0 Å². The Morgan fingerprint density at radius 2 is 2.00 bits per heavy atom. The molecule has 0 atom stereocenters. The van der Waals surface area contributed by atoms with Gasteiger partial charge in [0.2, 0.25) is 0 Å². The maximum absolute atomic E-state index is 6.03. The summed E-state index contributed by atoms with van der Waals surface area (Å²) in [4.78, 5) is 4.22. The van der Waals surface area contributed by atoms with E-state index in [0.29, 0.717) is 10.0 Å². The maximum Gasteiger partial charge on any atom is 0.0782 e. The van der Waals surface area contributed by atoms with Crippen molar-refractivity contribution < 1.29 is 0 Å². The van der Waals surface area contributed by atoms with E-state index < -0.39 is 0 Å². The first-order chi connectivity index (χ1) is 6.20. The fourth-order valence-corrected chi connectivity index (χ4v) is 1.67. The first-order valence-electron chi connectivity index (χ1n) is 3.89. The van der Waals surface area contributed by atoms with Crippen LogP contribution in [0.1, 0.15) is 5.56 Å². The van der Waals surface area contributed by atoms with Crippen LogP contribution in [0.25, 0.3) is 10.9 Å². The molecule has 13 heavy (non-hydrogen) atoms. The van der Waals surface area contributed by atoms with Crippen molar-refractivity contribution in [2.24, 2.45) is 0 Å². The molecule has 0 N–H and O–H groups in total. The molecule has 1 heterocycles. The molecule has 0 amide bonds. The normalized spacial score (nSPS) is 10.7. The molecule has 0 saturated heterocycles. The molecule has 0 spiro atoms. The molecule has 1 aromatic carbocycles. The molecule has 0 aliphatic carbocycles. The van der Waals surface area contributed by atoms with E-state index in [0.717, 1.165) is 16.5 Å². The number of rotatable bonds is 0. The molecule has 0 radical (unpaired) electrons. The Morgan fingerprint density at radius 1 is 1.23 bits per heavy atom. The molecule has 3 heteroatoms. The number of aryl methyl sites for hydroxylation is 1. The quantitative estimate of drug-likeness (QED) is 0.646. The highest BCUT2D eigenvalue weighted by Gasteiger charge is 2.05. The Kier molecular flexibility index (Phi) is 2.14. The SMILES string of the molecule is Cc1cccc2c(Cl)c(Cl)cnc12. The van der Waals surface area contributed by atoms with E-state index in [4.69, 9.17) is 23.2 Å². The van der Waals surface area contributed by atoms with E-state index in [-0.39, 0.29) is 0 Å². The predicted molar refractivity (Wildman–Crippen MR) is 56.5 cm³/mol. The van der Waals surface area contributed by atoms with Gasteiger partial charge >= 0.3 is 0 Å². The summed E-state index contributed by atoms with van der Waals surface area (Å²) in [7, 11) is 0. The van der Waals surface area contributed by atoms with Crippen molar-refractivity contribution >= 4 is 34.1 Å². The maximum atomic E-state index is 6.03. The minimum atomic E-state index is 0.500. The summed E-state index contributed by atoms with van der Waals surface area (Å²) in [5.74, 6) is 0. The van der Waals surface area contributed by atoms with Crippen LogP contribution in [0, 0.1) is 6.92 Å². The zero-order chi connectivity index (χ0) is 9.42. The molecule has 0 aliphatic heterocycles. The van der Waals surface area contributed by atoms with Gasteiger partial charge in [0.25, 0.3) is 0 Å². The van der Waals surface area contributed by atoms with E-state index in [9.17, 15) is 0 Å². The second kappa shape index (κ2) is 3.17. The summed E-state index contributed by atoms with van der Waals surface area (Å²) in [5, 5.41) is 1.99. The lowest BCUT2D eigenvalue weighted by Gasteiger charge is -2.03. The van der Waals surface area contributed by atoms with Crippen molar-refractivity contribution in [1.29, 1.82) is 0 Å².